The minimum absolute atomic E-state index is 0.0342. The second-order valence-electron chi connectivity index (χ2n) is 8.67. The molecule has 2 aromatic rings. The molecule has 0 spiro atoms. The van der Waals surface area contributed by atoms with Crippen LogP contribution < -0.4 is 5.56 Å². The number of H-pyrrole nitrogens is 1. The maximum Gasteiger partial charge on any atom is 0.259 e. The summed E-state index contributed by atoms with van der Waals surface area (Å²) in [6.07, 6.45) is 4.58. The topological polar surface area (TPSA) is 72.5 Å². The number of nitrogens with one attached hydrogen (secondary N) is 1. The molecular formula is C22H33N5O2S. The number of rotatable bonds is 5. The van der Waals surface area contributed by atoms with Crippen molar-refractivity contribution >= 4 is 27.5 Å². The number of hydrogen-bond donors (Lipinski definition) is 1. The third-order valence-electron chi connectivity index (χ3n) is 6.70. The Labute approximate surface area is 182 Å². The Bertz CT molecular complexity index is 960. The number of carbonyl (C=O) groups is 1. The number of hydrogen-bond acceptors (Lipinski definition) is 6. The first kappa shape index (κ1) is 21.5. The summed E-state index contributed by atoms with van der Waals surface area (Å²) < 4.78 is 0. The quantitative estimate of drug-likeness (QED) is 0.788. The van der Waals surface area contributed by atoms with Crippen molar-refractivity contribution < 1.29 is 4.79 Å². The number of likely N-dealkylation sites (tertiary alicyclic amines) is 1. The molecule has 4 heterocycles. The zero-order valence-corrected chi connectivity index (χ0v) is 19.2. The Morgan fingerprint density at radius 2 is 1.87 bits per heavy atom. The summed E-state index contributed by atoms with van der Waals surface area (Å²) >= 11 is 1.59. The highest BCUT2D eigenvalue weighted by Gasteiger charge is 2.27. The first-order valence-corrected chi connectivity index (χ1v) is 12.0. The van der Waals surface area contributed by atoms with Crippen LogP contribution in [-0.4, -0.2) is 75.9 Å². The van der Waals surface area contributed by atoms with Crippen molar-refractivity contribution in [2.24, 2.45) is 0 Å². The molecule has 8 heteroatoms. The molecule has 0 saturated carbocycles. The van der Waals surface area contributed by atoms with E-state index in [1.54, 1.807) is 11.3 Å². The van der Waals surface area contributed by atoms with Crippen LogP contribution in [0.3, 0.4) is 0 Å². The number of aromatic amines is 1. The van der Waals surface area contributed by atoms with Crippen LogP contribution in [0.5, 0.6) is 0 Å². The number of carbonyl (C=O) groups excluding carboxylic acids is 1. The lowest BCUT2D eigenvalue weighted by Crippen LogP contribution is -2.52. The Balaban J connectivity index is 1.32. The fraction of sp³-hybridized carbons (Fsp3) is 0.682. The molecule has 164 valence electrons. The van der Waals surface area contributed by atoms with Crippen LogP contribution in [-0.2, 0) is 11.3 Å². The van der Waals surface area contributed by atoms with E-state index in [2.05, 4.69) is 26.6 Å². The summed E-state index contributed by atoms with van der Waals surface area (Å²) in [5.41, 5.74) is 1.00. The summed E-state index contributed by atoms with van der Waals surface area (Å²) in [6, 6.07) is 0.426. The second kappa shape index (κ2) is 9.16. The van der Waals surface area contributed by atoms with Crippen LogP contribution in [0.4, 0.5) is 0 Å². The SMILES string of the molecule is CC[C@@H]1CCCCN1C(=O)CN1CCN(Cc2nc3sc(C)c(C)c3c(=O)[nH]2)CC1. The number of thiophene rings is 1. The van der Waals surface area contributed by atoms with Crippen LogP contribution >= 0.6 is 11.3 Å². The Kier molecular flexibility index (Phi) is 6.55. The predicted molar refractivity (Wildman–Crippen MR) is 121 cm³/mol. The molecule has 0 radical (unpaired) electrons. The van der Waals surface area contributed by atoms with Gasteiger partial charge in [-0.1, -0.05) is 6.92 Å². The van der Waals surface area contributed by atoms with Gasteiger partial charge < -0.3 is 9.88 Å². The fourth-order valence-electron chi connectivity index (χ4n) is 4.73. The molecule has 0 aromatic carbocycles. The summed E-state index contributed by atoms with van der Waals surface area (Å²) in [5.74, 6) is 1.02. The average molecular weight is 432 g/mol. The first-order chi connectivity index (χ1) is 14.5. The molecule has 2 fully saturated rings. The molecule has 1 amide bonds. The average Bonchev–Trinajstić information content (AvgIpc) is 3.03. The fourth-order valence-corrected chi connectivity index (χ4v) is 5.78. The molecule has 0 unspecified atom stereocenters. The van der Waals surface area contributed by atoms with Gasteiger partial charge in [0.25, 0.3) is 5.56 Å². The number of fused-ring (bicyclic) bond motifs is 1. The van der Waals surface area contributed by atoms with Crippen LogP contribution in [0.15, 0.2) is 4.79 Å². The van der Waals surface area contributed by atoms with E-state index >= 15 is 0 Å². The van der Waals surface area contributed by atoms with Gasteiger partial charge in [-0.15, -0.1) is 11.3 Å². The number of amides is 1. The molecule has 2 aromatic heterocycles. The Morgan fingerprint density at radius 1 is 1.13 bits per heavy atom. The molecule has 1 N–H and O–H groups in total. The second-order valence-corrected chi connectivity index (χ2v) is 9.88. The highest BCUT2D eigenvalue weighted by Crippen LogP contribution is 2.26. The van der Waals surface area contributed by atoms with Gasteiger partial charge in [0.05, 0.1) is 18.5 Å². The lowest BCUT2D eigenvalue weighted by Gasteiger charge is -2.38. The van der Waals surface area contributed by atoms with Crippen molar-refractivity contribution in [3.05, 3.63) is 26.6 Å². The zero-order chi connectivity index (χ0) is 21.3. The first-order valence-electron chi connectivity index (χ1n) is 11.2. The molecular weight excluding hydrogens is 398 g/mol. The molecule has 2 aliphatic rings. The van der Waals surface area contributed by atoms with Gasteiger partial charge in [-0.3, -0.25) is 19.4 Å². The monoisotopic (exact) mass is 431 g/mol. The van der Waals surface area contributed by atoms with Crippen LogP contribution in [0.25, 0.3) is 10.2 Å². The summed E-state index contributed by atoms with van der Waals surface area (Å²) in [7, 11) is 0. The number of aromatic nitrogens is 2. The minimum atomic E-state index is -0.0342. The Hall–Kier alpha value is -1.77. The molecule has 2 saturated heterocycles. The van der Waals surface area contributed by atoms with Gasteiger partial charge in [0.2, 0.25) is 5.91 Å². The van der Waals surface area contributed by atoms with Crippen LogP contribution in [0.2, 0.25) is 0 Å². The predicted octanol–water partition coefficient (Wildman–Crippen LogP) is 2.51. The lowest BCUT2D eigenvalue weighted by atomic mass is 10.00. The third kappa shape index (κ3) is 4.45. The van der Waals surface area contributed by atoms with Crippen molar-refractivity contribution in [2.75, 3.05) is 39.3 Å². The smallest absolute Gasteiger partial charge is 0.259 e. The highest BCUT2D eigenvalue weighted by atomic mass is 32.1. The number of aryl methyl sites for hydroxylation is 2. The van der Waals surface area contributed by atoms with Gasteiger partial charge in [-0.05, 0) is 45.1 Å². The molecule has 2 aliphatic heterocycles. The third-order valence-corrected chi connectivity index (χ3v) is 7.81. The standard InChI is InChI=1S/C22H33N5O2S/c1-4-17-7-5-6-8-27(17)19(28)14-26-11-9-25(10-12-26)13-18-23-21(29)20-15(2)16(3)30-22(20)24-18/h17H,4-14H2,1-3H3,(H,23,24,29)/t17-/m1/s1. The molecule has 0 aliphatic carbocycles. The van der Waals surface area contributed by atoms with Crippen molar-refractivity contribution in [3.8, 4) is 0 Å². The maximum absolute atomic E-state index is 12.8. The molecule has 30 heavy (non-hydrogen) atoms. The van der Waals surface area contributed by atoms with Crippen molar-refractivity contribution in [3.63, 3.8) is 0 Å². The van der Waals surface area contributed by atoms with E-state index in [1.165, 1.54) is 6.42 Å². The van der Waals surface area contributed by atoms with E-state index in [9.17, 15) is 9.59 Å². The zero-order valence-electron chi connectivity index (χ0n) is 18.4. The van der Waals surface area contributed by atoms with E-state index in [0.717, 1.165) is 78.5 Å². The van der Waals surface area contributed by atoms with E-state index in [-0.39, 0.29) is 11.5 Å². The highest BCUT2D eigenvalue weighted by molar-refractivity contribution is 7.18. The largest absolute Gasteiger partial charge is 0.339 e. The van der Waals surface area contributed by atoms with Crippen molar-refractivity contribution in [1.29, 1.82) is 0 Å². The summed E-state index contributed by atoms with van der Waals surface area (Å²) in [6.45, 7) is 11.8. The van der Waals surface area contributed by atoms with Gasteiger partial charge in [0.1, 0.15) is 10.7 Å². The number of piperazine rings is 1. The van der Waals surface area contributed by atoms with E-state index < -0.39 is 0 Å². The van der Waals surface area contributed by atoms with E-state index in [1.807, 2.05) is 13.8 Å². The maximum atomic E-state index is 12.8. The van der Waals surface area contributed by atoms with E-state index in [0.29, 0.717) is 19.1 Å². The van der Waals surface area contributed by atoms with Gasteiger partial charge >= 0.3 is 0 Å². The van der Waals surface area contributed by atoms with Gasteiger partial charge in [-0.2, -0.15) is 0 Å². The van der Waals surface area contributed by atoms with Gasteiger partial charge in [0.15, 0.2) is 0 Å². The van der Waals surface area contributed by atoms with Gasteiger partial charge in [-0.25, -0.2) is 4.98 Å². The van der Waals surface area contributed by atoms with Crippen LogP contribution in [0, 0.1) is 13.8 Å². The molecule has 4 rings (SSSR count). The lowest BCUT2D eigenvalue weighted by molar-refractivity contribution is -0.136. The van der Waals surface area contributed by atoms with Crippen molar-refractivity contribution in [2.45, 2.75) is 59.0 Å². The Morgan fingerprint density at radius 3 is 2.60 bits per heavy atom. The molecule has 0 bridgehead atoms. The van der Waals surface area contributed by atoms with E-state index in [4.69, 9.17) is 4.98 Å². The molecule has 1 atom stereocenters. The summed E-state index contributed by atoms with van der Waals surface area (Å²) in [4.78, 5) is 41.7. The van der Waals surface area contributed by atoms with Crippen molar-refractivity contribution in [1.82, 2.24) is 24.7 Å². The van der Waals surface area contributed by atoms with Crippen LogP contribution in [0.1, 0.15) is 48.9 Å². The number of piperidine rings is 1. The van der Waals surface area contributed by atoms with Gasteiger partial charge in [0, 0.05) is 43.6 Å². The normalized spacial score (nSPS) is 21.4. The molecule has 7 nitrogen and oxygen atoms in total. The minimum Gasteiger partial charge on any atom is -0.339 e. The summed E-state index contributed by atoms with van der Waals surface area (Å²) in [5, 5.41) is 0.729. The number of nitrogens with zero attached hydrogens (tertiary/aromatic N) is 4.